The van der Waals surface area contributed by atoms with E-state index in [1.54, 1.807) is 29.0 Å². The van der Waals surface area contributed by atoms with Crippen LogP contribution in [0.2, 0.25) is 0 Å². The zero-order chi connectivity index (χ0) is 25.4. The van der Waals surface area contributed by atoms with Gasteiger partial charge in [-0.2, -0.15) is 5.26 Å². The number of imidazole rings is 1. The summed E-state index contributed by atoms with van der Waals surface area (Å²) in [6, 6.07) is 13.4. The lowest BCUT2D eigenvalue weighted by molar-refractivity contribution is 0.618. The second kappa shape index (κ2) is 9.81. The molecule has 6 rings (SSSR count). The number of halogens is 2. The molecule has 0 saturated carbocycles. The van der Waals surface area contributed by atoms with Crippen molar-refractivity contribution in [3.63, 3.8) is 0 Å². The standard InChI is InChI=1S/C29H28F2N6/c30-23-17-20(7-8-21(23)19-32)28-34-27-26(36-15-3-1-2-4-16-36)11-12-33-29(27)37(28)25-10-9-22(18-24(25)31)35-13-5-6-14-35/h7-12,17-18H,1-6,13-16H2. The minimum atomic E-state index is -0.635. The molecular weight excluding hydrogens is 470 g/mol. The van der Waals surface area contributed by atoms with Gasteiger partial charge in [0.1, 0.15) is 29.0 Å². The van der Waals surface area contributed by atoms with Gasteiger partial charge < -0.3 is 9.80 Å². The molecule has 6 nitrogen and oxygen atoms in total. The van der Waals surface area contributed by atoms with Crippen LogP contribution in [0, 0.1) is 23.0 Å². The van der Waals surface area contributed by atoms with Crippen molar-refractivity contribution in [1.29, 1.82) is 5.26 Å². The van der Waals surface area contributed by atoms with Crippen molar-refractivity contribution < 1.29 is 8.78 Å². The molecular formula is C29H28F2N6. The van der Waals surface area contributed by atoms with Crippen molar-refractivity contribution >= 4 is 22.5 Å². The number of pyridine rings is 1. The van der Waals surface area contributed by atoms with Crippen LogP contribution >= 0.6 is 0 Å². The molecule has 2 aromatic carbocycles. The molecule has 0 amide bonds. The number of fused-ring (bicyclic) bond motifs is 1. The molecule has 2 aliphatic heterocycles. The van der Waals surface area contributed by atoms with E-state index in [9.17, 15) is 9.65 Å². The van der Waals surface area contributed by atoms with E-state index < -0.39 is 5.82 Å². The highest BCUT2D eigenvalue weighted by Gasteiger charge is 2.24. The van der Waals surface area contributed by atoms with Gasteiger partial charge in [0, 0.05) is 43.6 Å². The fraction of sp³-hybridized carbons (Fsp3) is 0.345. The maximum atomic E-state index is 15.8. The van der Waals surface area contributed by atoms with Gasteiger partial charge in [0.15, 0.2) is 5.65 Å². The third kappa shape index (κ3) is 4.29. The summed E-state index contributed by atoms with van der Waals surface area (Å²) in [5, 5.41) is 9.20. The van der Waals surface area contributed by atoms with Crippen LogP contribution in [0.4, 0.5) is 20.2 Å². The summed E-state index contributed by atoms with van der Waals surface area (Å²) in [5.41, 5.74) is 3.71. The summed E-state index contributed by atoms with van der Waals surface area (Å²) in [7, 11) is 0. The van der Waals surface area contributed by atoms with Gasteiger partial charge in [0.05, 0.1) is 16.9 Å². The van der Waals surface area contributed by atoms with Gasteiger partial charge in [-0.05, 0) is 68.1 Å². The lowest BCUT2D eigenvalue weighted by Gasteiger charge is -2.22. The fourth-order valence-corrected chi connectivity index (χ4v) is 5.54. The number of hydrogen-bond donors (Lipinski definition) is 0. The quantitative estimate of drug-likeness (QED) is 0.334. The van der Waals surface area contributed by atoms with Crippen molar-refractivity contribution in [2.24, 2.45) is 0 Å². The number of rotatable bonds is 4. The monoisotopic (exact) mass is 498 g/mol. The Bertz CT molecular complexity index is 1490. The lowest BCUT2D eigenvalue weighted by atomic mass is 10.1. The Morgan fingerprint density at radius 3 is 2.19 bits per heavy atom. The number of nitriles is 1. The van der Waals surface area contributed by atoms with Gasteiger partial charge in [-0.3, -0.25) is 4.57 Å². The van der Waals surface area contributed by atoms with Gasteiger partial charge in [-0.15, -0.1) is 0 Å². The highest BCUT2D eigenvalue weighted by atomic mass is 19.1. The van der Waals surface area contributed by atoms with E-state index in [2.05, 4.69) is 14.8 Å². The Hall–Kier alpha value is -3.99. The Morgan fingerprint density at radius 2 is 1.49 bits per heavy atom. The molecule has 8 heteroatoms. The Balaban J connectivity index is 1.55. The molecule has 0 spiro atoms. The Labute approximate surface area is 214 Å². The van der Waals surface area contributed by atoms with E-state index in [4.69, 9.17) is 4.98 Å². The third-order valence-electron chi connectivity index (χ3n) is 7.46. The first kappa shape index (κ1) is 23.4. The highest BCUT2D eigenvalue weighted by molar-refractivity contribution is 5.90. The molecule has 2 saturated heterocycles. The minimum absolute atomic E-state index is 0.0454. The summed E-state index contributed by atoms with van der Waals surface area (Å²) >= 11 is 0. The molecule has 0 bridgehead atoms. The first-order valence-electron chi connectivity index (χ1n) is 13.0. The largest absolute Gasteiger partial charge is 0.371 e. The summed E-state index contributed by atoms with van der Waals surface area (Å²) in [6.45, 7) is 3.68. The van der Waals surface area contributed by atoms with Gasteiger partial charge in [0.25, 0.3) is 0 Å². The Kier molecular flexibility index (Phi) is 6.21. The van der Waals surface area contributed by atoms with E-state index in [0.717, 1.165) is 63.2 Å². The van der Waals surface area contributed by atoms with E-state index in [-0.39, 0.29) is 11.4 Å². The van der Waals surface area contributed by atoms with Crippen LogP contribution in [0.25, 0.3) is 28.2 Å². The molecule has 0 radical (unpaired) electrons. The topological polar surface area (TPSA) is 61.0 Å². The van der Waals surface area contributed by atoms with Crippen molar-refractivity contribution in [2.45, 2.75) is 38.5 Å². The molecule has 4 heterocycles. The van der Waals surface area contributed by atoms with Crippen LogP contribution in [-0.4, -0.2) is 40.7 Å². The van der Waals surface area contributed by atoms with Crippen molar-refractivity contribution in [1.82, 2.24) is 14.5 Å². The van der Waals surface area contributed by atoms with E-state index in [1.165, 1.54) is 25.0 Å². The molecule has 0 aliphatic carbocycles. The second-order valence-corrected chi connectivity index (χ2v) is 9.81. The van der Waals surface area contributed by atoms with Crippen LogP contribution in [0.15, 0.2) is 48.7 Å². The lowest BCUT2D eigenvalue weighted by Crippen LogP contribution is -2.24. The molecule has 4 aromatic rings. The van der Waals surface area contributed by atoms with Gasteiger partial charge in [0.2, 0.25) is 0 Å². The van der Waals surface area contributed by atoms with Crippen molar-refractivity contribution in [3.05, 3.63) is 65.9 Å². The molecule has 2 fully saturated rings. The van der Waals surface area contributed by atoms with Crippen LogP contribution in [0.3, 0.4) is 0 Å². The number of hydrogen-bond acceptors (Lipinski definition) is 5. The predicted octanol–water partition coefficient (Wildman–Crippen LogP) is 6.22. The van der Waals surface area contributed by atoms with Crippen LogP contribution < -0.4 is 9.80 Å². The maximum absolute atomic E-state index is 15.8. The van der Waals surface area contributed by atoms with Crippen molar-refractivity contribution in [2.75, 3.05) is 36.0 Å². The molecule has 2 aliphatic rings. The van der Waals surface area contributed by atoms with Gasteiger partial charge in [-0.25, -0.2) is 18.7 Å². The SMILES string of the molecule is N#Cc1ccc(-c2nc3c(N4CCCCCC4)ccnc3n2-c2ccc(N3CCCC3)cc2F)cc1F. The highest BCUT2D eigenvalue weighted by Crippen LogP contribution is 2.35. The third-order valence-corrected chi connectivity index (χ3v) is 7.46. The average Bonchev–Trinajstić information content (AvgIpc) is 3.50. The van der Waals surface area contributed by atoms with E-state index >= 15 is 4.39 Å². The maximum Gasteiger partial charge on any atom is 0.167 e. The molecule has 0 unspecified atom stereocenters. The van der Waals surface area contributed by atoms with E-state index in [0.29, 0.717) is 28.2 Å². The van der Waals surface area contributed by atoms with Gasteiger partial charge in [-0.1, -0.05) is 12.8 Å². The van der Waals surface area contributed by atoms with Gasteiger partial charge >= 0.3 is 0 Å². The van der Waals surface area contributed by atoms with Crippen LogP contribution in [-0.2, 0) is 0 Å². The second-order valence-electron chi connectivity index (χ2n) is 9.81. The number of anilines is 2. The number of aromatic nitrogens is 3. The van der Waals surface area contributed by atoms with Crippen molar-refractivity contribution in [3.8, 4) is 23.1 Å². The van der Waals surface area contributed by atoms with Crippen LogP contribution in [0.5, 0.6) is 0 Å². The molecule has 2 aromatic heterocycles. The summed E-state index contributed by atoms with van der Waals surface area (Å²) in [6.07, 6.45) is 8.54. The molecule has 0 N–H and O–H groups in total. The molecule has 37 heavy (non-hydrogen) atoms. The fourth-order valence-electron chi connectivity index (χ4n) is 5.54. The molecule has 188 valence electrons. The zero-order valence-corrected chi connectivity index (χ0v) is 20.6. The first-order valence-corrected chi connectivity index (χ1v) is 13.0. The number of benzene rings is 2. The van der Waals surface area contributed by atoms with Crippen LogP contribution in [0.1, 0.15) is 44.1 Å². The van der Waals surface area contributed by atoms with E-state index in [1.807, 2.05) is 18.2 Å². The predicted molar refractivity (Wildman–Crippen MR) is 141 cm³/mol. The summed E-state index contributed by atoms with van der Waals surface area (Å²) < 4.78 is 32.1. The molecule has 0 atom stereocenters. The first-order chi connectivity index (χ1) is 18.1. The zero-order valence-electron chi connectivity index (χ0n) is 20.6. The number of nitrogens with zero attached hydrogens (tertiary/aromatic N) is 6. The average molecular weight is 499 g/mol. The minimum Gasteiger partial charge on any atom is -0.371 e. The smallest absolute Gasteiger partial charge is 0.167 e. The summed E-state index contributed by atoms with van der Waals surface area (Å²) in [4.78, 5) is 14.1. The Morgan fingerprint density at radius 1 is 0.757 bits per heavy atom. The normalized spacial score (nSPS) is 16.2. The summed E-state index contributed by atoms with van der Waals surface area (Å²) in [5.74, 6) is -0.633.